The molecule has 3 heterocycles. The van der Waals surface area contributed by atoms with Crippen LogP contribution >= 0.6 is 0 Å². The Morgan fingerprint density at radius 1 is 1.52 bits per heavy atom. The number of carbonyl (C=O) groups is 1. The molecule has 2 aromatic heterocycles. The summed E-state index contributed by atoms with van der Waals surface area (Å²) in [7, 11) is 1.29. The van der Waals surface area contributed by atoms with Gasteiger partial charge in [0.15, 0.2) is 5.69 Å². The van der Waals surface area contributed by atoms with Crippen LogP contribution in [0.4, 0.5) is 5.82 Å². The number of carbonyl (C=O) groups excluding carboxylic acids is 1. The van der Waals surface area contributed by atoms with Gasteiger partial charge in [0.1, 0.15) is 17.5 Å². The van der Waals surface area contributed by atoms with Crippen LogP contribution in [0, 0.1) is 18.3 Å². The van der Waals surface area contributed by atoms with Gasteiger partial charge in [0.2, 0.25) is 0 Å². The van der Waals surface area contributed by atoms with Gasteiger partial charge in [-0.1, -0.05) is 0 Å². The van der Waals surface area contributed by atoms with Gasteiger partial charge >= 0.3 is 5.97 Å². The fourth-order valence-corrected chi connectivity index (χ4v) is 3.76. The first-order valence-corrected chi connectivity index (χ1v) is 8.75. The Kier molecular flexibility index (Phi) is 4.89. The zero-order valence-electron chi connectivity index (χ0n) is 15.9. The third-order valence-electron chi connectivity index (χ3n) is 5.00. The number of pyridine rings is 1. The highest BCUT2D eigenvalue weighted by Gasteiger charge is 2.33. The summed E-state index contributed by atoms with van der Waals surface area (Å²) in [4.78, 5) is 16.6. The second kappa shape index (κ2) is 7.00. The molecular weight excluding hydrogens is 346 g/mol. The highest BCUT2D eigenvalue weighted by atomic mass is 16.5. The van der Waals surface area contributed by atoms with Gasteiger partial charge in [0, 0.05) is 29.3 Å². The molecule has 0 saturated carbocycles. The molecule has 2 aromatic rings. The lowest BCUT2D eigenvalue weighted by atomic mass is 9.82. The topological polar surface area (TPSA) is 127 Å². The number of hydrogen-bond acceptors (Lipinski definition) is 7. The molecule has 0 aromatic carbocycles. The van der Waals surface area contributed by atoms with Crippen molar-refractivity contribution >= 4 is 11.8 Å². The molecule has 8 heteroatoms. The maximum absolute atomic E-state index is 12.1. The smallest absolute Gasteiger partial charge is 0.356 e. The number of nitrogens with zero attached hydrogens (tertiary/aromatic N) is 3. The number of H-pyrrole nitrogens is 1. The van der Waals surface area contributed by atoms with Gasteiger partial charge in [-0.15, -0.1) is 0 Å². The first-order valence-electron chi connectivity index (χ1n) is 8.75. The van der Waals surface area contributed by atoms with Crippen LogP contribution in [0.25, 0.3) is 11.1 Å². The second-order valence-corrected chi connectivity index (χ2v) is 7.32. The van der Waals surface area contributed by atoms with E-state index in [-0.39, 0.29) is 28.6 Å². The number of ether oxygens (including phenoxy) is 2. The summed E-state index contributed by atoms with van der Waals surface area (Å²) in [6, 6.07) is 2.12. The van der Waals surface area contributed by atoms with E-state index in [1.54, 1.807) is 0 Å². The number of rotatable bonds is 3. The maximum atomic E-state index is 12.1. The van der Waals surface area contributed by atoms with Gasteiger partial charge in [-0.05, 0) is 39.2 Å². The minimum absolute atomic E-state index is 0.148. The summed E-state index contributed by atoms with van der Waals surface area (Å²) < 4.78 is 10.6. The van der Waals surface area contributed by atoms with E-state index in [4.69, 9.17) is 15.2 Å². The van der Waals surface area contributed by atoms with E-state index in [9.17, 15) is 10.1 Å². The van der Waals surface area contributed by atoms with Gasteiger partial charge in [0.05, 0.1) is 18.9 Å². The zero-order valence-corrected chi connectivity index (χ0v) is 15.9. The molecule has 1 aliphatic heterocycles. The molecule has 3 N–H and O–H groups in total. The Bertz CT molecular complexity index is 926. The van der Waals surface area contributed by atoms with E-state index in [1.165, 1.54) is 13.3 Å². The molecule has 0 aliphatic carbocycles. The third-order valence-corrected chi connectivity index (χ3v) is 5.00. The van der Waals surface area contributed by atoms with Crippen LogP contribution in [0.1, 0.15) is 59.9 Å². The summed E-state index contributed by atoms with van der Waals surface area (Å²) in [5.74, 6) is -0.264. The van der Waals surface area contributed by atoms with Crippen molar-refractivity contribution in [3.63, 3.8) is 0 Å². The number of esters is 1. The largest absolute Gasteiger partial charge is 0.464 e. The lowest BCUT2D eigenvalue weighted by molar-refractivity contribution is -0.0598. The van der Waals surface area contributed by atoms with Gasteiger partial charge in [-0.2, -0.15) is 10.4 Å². The monoisotopic (exact) mass is 369 g/mol. The van der Waals surface area contributed by atoms with Crippen LogP contribution in [-0.4, -0.2) is 40.5 Å². The quantitative estimate of drug-likeness (QED) is 0.796. The van der Waals surface area contributed by atoms with E-state index < -0.39 is 5.97 Å². The van der Waals surface area contributed by atoms with Crippen molar-refractivity contribution in [2.24, 2.45) is 0 Å². The number of nitrogens with one attached hydrogen (secondary N) is 1. The molecule has 27 heavy (non-hydrogen) atoms. The van der Waals surface area contributed by atoms with Crippen molar-refractivity contribution in [2.45, 2.75) is 45.1 Å². The van der Waals surface area contributed by atoms with Crippen molar-refractivity contribution in [1.82, 2.24) is 15.2 Å². The first-order chi connectivity index (χ1) is 12.8. The molecule has 0 radical (unpaired) electrons. The van der Waals surface area contributed by atoms with Crippen molar-refractivity contribution < 1.29 is 14.3 Å². The van der Waals surface area contributed by atoms with Gasteiger partial charge in [-0.25, -0.2) is 9.78 Å². The Morgan fingerprint density at radius 3 is 2.89 bits per heavy atom. The Balaban J connectivity index is 2.20. The van der Waals surface area contributed by atoms with E-state index in [2.05, 4.69) is 21.3 Å². The van der Waals surface area contributed by atoms with E-state index in [0.29, 0.717) is 17.7 Å². The Morgan fingerprint density at radius 2 is 2.26 bits per heavy atom. The molecule has 8 nitrogen and oxygen atoms in total. The number of nitrogen functional groups attached to an aromatic ring is 1. The van der Waals surface area contributed by atoms with Crippen molar-refractivity contribution in [2.75, 3.05) is 19.5 Å². The normalized spacial score (nSPS) is 18.7. The Hall–Kier alpha value is -2.92. The summed E-state index contributed by atoms with van der Waals surface area (Å²) in [5.41, 5.74) is 8.98. The first kappa shape index (κ1) is 18.9. The number of aromatic nitrogens is 3. The van der Waals surface area contributed by atoms with Crippen molar-refractivity contribution in [3.8, 4) is 17.2 Å². The van der Waals surface area contributed by atoms with E-state index >= 15 is 0 Å². The van der Waals surface area contributed by atoms with E-state index in [1.807, 2.05) is 20.8 Å². The predicted octanol–water partition coefficient (Wildman–Crippen LogP) is 2.69. The lowest BCUT2D eigenvalue weighted by Crippen LogP contribution is -2.33. The lowest BCUT2D eigenvalue weighted by Gasteiger charge is -2.36. The number of anilines is 1. The molecule has 1 fully saturated rings. The molecule has 1 aliphatic rings. The predicted molar refractivity (Wildman–Crippen MR) is 99.0 cm³/mol. The van der Waals surface area contributed by atoms with Gasteiger partial charge < -0.3 is 15.2 Å². The second-order valence-electron chi connectivity index (χ2n) is 7.32. The fraction of sp³-hybridized carbons (Fsp3) is 0.474. The summed E-state index contributed by atoms with van der Waals surface area (Å²) >= 11 is 0. The number of aromatic amines is 1. The maximum Gasteiger partial charge on any atom is 0.356 e. The molecule has 0 unspecified atom stereocenters. The van der Waals surface area contributed by atoms with Crippen molar-refractivity contribution in [1.29, 1.82) is 5.26 Å². The van der Waals surface area contributed by atoms with Crippen LogP contribution in [0.3, 0.4) is 0 Å². The molecule has 142 valence electrons. The van der Waals surface area contributed by atoms with Crippen LogP contribution in [0.5, 0.6) is 0 Å². The number of nitriles is 1. The molecular formula is C19H23N5O3. The average molecular weight is 369 g/mol. The summed E-state index contributed by atoms with van der Waals surface area (Å²) in [6.07, 6.45) is 3.12. The molecule has 0 bridgehead atoms. The summed E-state index contributed by atoms with van der Waals surface area (Å²) in [6.45, 7) is 6.63. The van der Waals surface area contributed by atoms with Crippen LogP contribution < -0.4 is 5.73 Å². The number of hydrogen-bond donors (Lipinski definition) is 2. The molecule has 1 saturated heterocycles. The highest BCUT2D eigenvalue weighted by molar-refractivity contribution is 5.97. The minimum Gasteiger partial charge on any atom is -0.464 e. The highest BCUT2D eigenvalue weighted by Crippen LogP contribution is 2.41. The number of nitrogens with two attached hydrogens (primary N) is 1. The Labute approximate surface area is 157 Å². The van der Waals surface area contributed by atoms with Gasteiger partial charge in [-0.3, -0.25) is 5.10 Å². The fourth-order valence-electron chi connectivity index (χ4n) is 3.76. The van der Waals surface area contributed by atoms with Gasteiger partial charge in [0.25, 0.3) is 0 Å². The zero-order chi connectivity index (χ0) is 19.8. The molecule has 3 rings (SSSR count). The van der Waals surface area contributed by atoms with E-state index in [0.717, 1.165) is 24.1 Å². The number of methoxy groups -OCH3 is 1. The average Bonchev–Trinajstić information content (AvgIpc) is 3.10. The standard InChI is InChI=1S/C19H23N5O3/c1-10-14(13-9-22-24-16(13)18(25)26-4)12(8-20)17(21)23-15(10)11-5-6-27-19(2,3)7-11/h9,11H,5-7H2,1-4H3,(H2,21,23)(H,22,24)/t11-/m0/s1. The van der Waals surface area contributed by atoms with Crippen LogP contribution in [0.15, 0.2) is 6.20 Å². The van der Waals surface area contributed by atoms with Crippen molar-refractivity contribution in [3.05, 3.63) is 28.7 Å². The van der Waals surface area contributed by atoms with Crippen LogP contribution in [-0.2, 0) is 9.47 Å². The molecule has 0 amide bonds. The third kappa shape index (κ3) is 3.38. The summed E-state index contributed by atoms with van der Waals surface area (Å²) in [5, 5.41) is 16.3. The van der Waals surface area contributed by atoms with Crippen LogP contribution in [0.2, 0.25) is 0 Å². The molecule has 0 spiro atoms. The minimum atomic E-state index is -0.560. The SMILES string of the molecule is COC(=O)c1[nH]ncc1-c1c(C)c([C@H]2CCOC(C)(C)C2)nc(N)c1C#N. The molecule has 1 atom stereocenters.